The number of anilines is 1. The van der Waals surface area contributed by atoms with Crippen molar-refractivity contribution in [3.05, 3.63) is 46.2 Å². The van der Waals surface area contributed by atoms with Gasteiger partial charge in [-0.1, -0.05) is 26.0 Å². The van der Waals surface area contributed by atoms with E-state index < -0.39 is 6.04 Å². The Balaban J connectivity index is 2.15. The predicted octanol–water partition coefficient (Wildman–Crippen LogP) is 3.46. The van der Waals surface area contributed by atoms with Crippen LogP contribution in [0.25, 0.3) is 0 Å². The van der Waals surface area contributed by atoms with E-state index in [-0.39, 0.29) is 17.7 Å². The molecule has 0 unspecified atom stereocenters. The topological polar surface area (TPSA) is 67.4 Å². The highest BCUT2D eigenvalue weighted by Gasteiger charge is 2.25. The van der Waals surface area contributed by atoms with Crippen molar-refractivity contribution in [3.63, 3.8) is 0 Å². The number of methoxy groups -OCH3 is 1. The molecule has 1 heterocycles. The molecule has 1 aromatic heterocycles. The smallest absolute Gasteiger partial charge is 0.262 e. The molecule has 0 bridgehead atoms. The van der Waals surface area contributed by atoms with Crippen LogP contribution in [0.3, 0.4) is 0 Å². The molecule has 0 aliphatic carbocycles. The monoisotopic (exact) mass is 346 g/mol. The number of amides is 2. The Hall–Kier alpha value is -2.34. The standard InChI is InChI=1S/C18H22N2O3S/c1-11(2)16(20-17(21)15-6-5-9-24-15)18(22)19-13-10-12(3)7-8-14(13)23-4/h5-11,16H,1-4H3,(H,19,22)(H,20,21)/t16-/m0/s1. The third-order valence-corrected chi connectivity index (χ3v) is 4.46. The van der Waals surface area contributed by atoms with Gasteiger partial charge < -0.3 is 15.4 Å². The van der Waals surface area contributed by atoms with Crippen molar-refractivity contribution in [3.8, 4) is 5.75 Å². The first kappa shape index (κ1) is 18.0. The summed E-state index contributed by atoms with van der Waals surface area (Å²) >= 11 is 1.34. The van der Waals surface area contributed by atoms with Crippen LogP contribution in [-0.2, 0) is 4.79 Å². The molecule has 1 atom stereocenters. The molecule has 0 aliphatic rings. The number of hydrogen-bond donors (Lipinski definition) is 2. The number of benzene rings is 1. The summed E-state index contributed by atoms with van der Waals surface area (Å²) in [5, 5.41) is 7.50. The van der Waals surface area contributed by atoms with Crippen LogP contribution >= 0.6 is 11.3 Å². The van der Waals surface area contributed by atoms with E-state index in [0.29, 0.717) is 16.3 Å². The Kier molecular flexibility index (Phi) is 5.98. The fourth-order valence-electron chi connectivity index (χ4n) is 2.29. The number of hydrogen-bond acceptors (Lipinski definition) is 4. The summed E-state index contributed by atoms with van der Waals surface area (Å²) in [5.74, 6) is 0.0274. The number of rotatable bonds is 6. The van der Waals surface area contributed by atoms with Gasteiger partial charge in [-0.25, -0.2) is 0 Å². The van der Waals surface area contributed by atoms with Gasteiger partial charge in [0.2, 0.25) is 5.91 Å². The van der Waals surface area contributed by atoms with Gasteiger partial charge in [0.25, 0.3) is 5.91 Å². The number of ether oxygens (including phenoxy) is 1. The summed E-state index contributed by atoms with van der Waals surface area (Å²) in [4.78, 5) is 25.5. The van der Waals surface area contributed by atoms with Crippen LogP contribution in [0.4, 0.5) is 5.69 Å². The van der Waals surface area contributed by atoms with E-state index in [1.54, 1.807) is 19.2 Å². The molecular formula is C18H22N2O3S. The number of carbonyl (C=O) groups is 2. The maximum Gasteiger partial charge on any atom is 0.262 e. The zero-order chi connectivity index (χ0) is 17.7. The Morgan fingerprint density at radius 2 is 1.96 bits per heavy atom. The predicted molar refractivity (Wildman–Crippen MR) is 96.8 cm³/mol. The molecule has 24 heavy (non-hydrogen) atoms. The fourth-order valence-corrected chi connectivity index (χ4v) is 2.91. The molecule has 0 spiro atoms. The van der Waals surface area contributed by atoms with Gasteiger partial charge in [-0.05, 0) is 42.0 Å². The second kappa shape index (κ2) is 7.97. The van der Waals surface area contributed by atoms with Crippen molar-refractivity contribution in [2.24, 2.45) is 5.92 Å². The minimum Gasteiger partial charge on any atom is -0.495 e. The fraction of sp³-hybridized carbons (Fsp3) is 0.333. The van der Waals surface area contributed by atoms with Crippen molar-refractivity contribution in [2.45, 2.75) is 26.8 Å². The van der Waals surface area contributed by atoms with Gasteiger partial charge in [-0.15, -0.1) is 11.3 Å². The van der Waals surface area contributed by atoms with Crippen LogP contribution in [0, 0.1) is 12.8 Å². The highest BCUT2D eigenvalue weighted by Crippen LogP contribution is 2.25. The first-order valence-electron chi connectivity index (χ1n) is 7.72. The average Bonchev–Trinajstić information content (AvgIpc) is 3.06. The molecule has 6 heteroatoms. The zero-order valence-electron chi connectivity index (χ0n) is 14.3. The van der Waals surface area contributed by atoms with Crippen molar-refractivity contribution >= 4 is 28.8 Å². The molecule has 0 fully saturated rings. The maximum absolute atomic E-state index is 12.7. The molecular weight excluding hydrogens is 324 g/mol. The van der Waals surface area contributed by atoms with Crippen LogP contribution in [0.2, 0.25) is 0 Å². The highest BCUT2D eigenvalue weighted by molar-refractivity contribution is 7.12. The zero-order valence-corrected chi connectivity index (χ0v) is 15.1. The number of carbonyl (C=O) groups excluding carboxylic acids is 2. The van der Waals surface area contributed by atoms with Crippen molar-refractivity contribution in [1.82, 2.24) is 5.32 Å². The highest BCUT2D eigenvalue weighted by atomic mass is 32.1. The number of thiophene rings is 1. The van der Waals surface area contributed by atoms with E-state index in [1.807, 2.05) is 44.4 Å². The first-order valence-corrected chi connectivity index (χ1v) is 8.60. The third-order valence-electron chi connectivity index (χ3n) is 3.59. The molecule has 0 radical (unpaired) electrons. The van der Waals surface area contributed by atoms with Crippen LogP contribution in [0.1, 0.15) is 29.1 Å². The largest absolute Gasteiger partial charge is 0.495 e. The molecule has 1 aromatic carbocycles. The second-order valence-corrected chi connectivity index (χ2v) is 6.81. The van der Waals surface area contributed by atoms with Crippen LogP contribution in [0.15, 0.2) is 35.7 Å². The van der Waals surface area contributed by atoms with Gasteiger partial charge in [0.15, 0.2) is 0 Å². The van der Waals surface area contributed by atoms with Crippen LogP contribution < -0.4 is 15.4 Å². The SMILES string of the molecule is COc1ccc(C)cc1NC(=O)[C@@H](NC(=O)c1cccs1)C(C)C. The molecule has 0 aliphatic heterocycles. The number of aryl methyl sites for hydroxylation is 1. The third kappa shape index (κ3) is 4.35. The molecule has 128 valence electrons. The summed E-state index contributed by atoms with van der Waals surface area (Å²) < 4.78 is 5.28. The quantitative estimate of drug-likeness (QED) is 0.842. The Labute approximate surface area is 146 Å². The average molecular weight is 346 g/mol. The van der Waals surface area contributed by atoms with Gasteiger partial charge in [-0.3, -0.25) is 9.59 Å². The lowest BCUT2D eigenvalue weighted by Crippen LogP contribution is -2.47. The van der Waals surface area contributed by atoms with Crippen molar-refractivity contribution in [1.29, 1.82) is 0 Å². The summed E-state index contributed by atoms with van der Waals surface area (Å²) in [7, 11) is 1.55. The summed E-state index contributed by atoms with van der Waals surface area (Å²) in [6, 6.07) is 8.47. The van der Waals surface area contributed by atoms with E-state index in [4.69, 9.17) is 4.74 Å². The van der Waals surface area contributed by atoms with E-state index in [9.17, 15) is 9.59 Å². The molecule has 2 aromatic rings. The molecule has 2 amide bonds. The Morgan fingerprint density at radius 1 is 1.21 bits per heavy atom. The summed E-state index contributed by atoms with van der Waals surface area (Å²) in [6.45, 7) is 5.73. The molecule has 0 saturated carbocycles. The van der Waals surface area contributed by atoms with Crippen LogP contribution in [-0.4, -0.2) is 25.0 Å². The maximum atomic E-state index is 12.7. The Bertz CT molecular complexity index is 711. The first-order chi connectivity index (χ1) is 11.4. The molecule has 2 N–H and O–H groups in total. The minimum absolute atomic E-state index is 0.0512. The van der Waals surface area contributed by atoms with Gasteiger partial charge >= 0.3 is 0 Å². The summed E-state index contributed by atoms with van der Waals surface area (Å²) in [6.07, 6.45) is 0. The van der Waals surface area contributed by atoms with Gasteiger partial charge in [0.1, 0.15) is 11.8 Å². The Morgan fingerprint density at radius 3 is 2.54 bits per heavy atom. The molecule has 5 nitrogen and oxygen atoms in total. The van der Waals surface area contributed by atoms with E-state index in [0.717, 1.165) is 5.56 Å². The van der Waals surface area contributed by atoms with E-state index in [2.05, 4.69) is 10.6 Å². The lowest BCUT2D eigenvalue weighted by molar-refractivity contribution is -0.118. The number of nitrogens with one attached hydrogen (secondary N) is 2. The second-order valence-electron chi connectivity index (χ2n) is 5.87. The normalized spacial score (nSPS) is 11.9. The van der Waals surface area contributed by atoms with E-state index in [1.165, 1.54) is 11.3 Å². The summed E-state index contributed by atoms with van der Waals surface area (Å²) in [5.41, 5.74) is 1.60. The van der Waals surface area contributed by atoms with Gasteiger partial charge in [-0.2, -0.15) is 0 Å². The van der Waals surface area contributed by atoms with Crippen molar-refractivity contribution in [2.75, 3.05) is 12.4 Å². The lowest BCUT2D eigenvalue weighted by atomic mass is 10.0. The molecule has 2 rings (SSSR count). The minimum atomic E-state index is -0.634. The lowest BCUT2D eigenvalue weighted by Gasteiger charge is -2.22. The molecule has 0 saturated heterocycles. The van der Waals surface area contributed by atoms with Gasteiger partial charge in [0, 0.05) is 0 Å². The van der Waals surface area contributed by atoms with Crippen LogP contribution in [0.5, 0.6) is 5.75 Å². The van der Waals surface area contributed by atoms with Crippen molar-refractivity contribution < 1.29 is 14.3 Å². The van der Waals surface area contributed by atoms with Gasteiger partial charge in [0.05, 0.1) is 17.7 Å². The van der Waals surface area contributed by atoms with E-state index >= 15 is 0 Å².